The zero-order valence-corrected chi connectivity index (χ0v) is 19.7. The van der Waals surface area contributed by atoms with E-state index in [2.05, 4.69) is 15.3 Å². The highest BCUT2D eigenvalue weighted by Gasteiger charge is 2.14. The summed E-state index contributed by atoms with van der Waals surface area (Å²) in [6, 6.07) is 17.8. The van der Waals surface area contributed by atoms with Crippen LogP contribution >= 0.6 is 22.9 Å². The van der Waals surface area contributed by atoms with Gasteiger partial charge in [0, 0.05) is 34.3 Å². The van der Waals surface area contributed by atoms with Crippen molar-refractivity contribution in [1.82, 2.24) is 9.97 Å². The number of hydrogen-bond acceptors (Lipinski definition) is 7. The number of benzene rings is 3. The number of carbonyl (C=O) groups excluding carboxylic acids is 1. The van der Waals surface area contributed by atoms with Crippen molar-refractivity contribution in [2.45, 2.75) is 0 Å². The average molecular weight is 492 g/mol. The summed E-state index contributed by atoms with van der Waals surface area (Å²) in [4.78, 5) is 21.4. The molecule has 34 heavy (non-hydrogen) atoms. The Morgan fingerprint density at radius 2 is 1.76 bits per heavy atom. The van der Waals surface area contributed by atoms with Crippen LogP contribution in [0.15, 0.2) is 66.9 Å². The number of fused-ring (bicyclic) bond motifs is 2. The molecular formula is C25H18ClN3O4S. The minimum absolute atomic E-state index is 0.273. The molecule has 1 N–H and O–H groups in total. The van der Waals surface area contributed by atoms with Crippen LogP contribution in [-0.4, -0.2) is 30.1 Å². The number of hydrogen-bond donors (Lipinski definition) is 1. The van der Waals surface area contributed by atoms with E-state index in [4.69, 9.17) is 25.8 Å². The van der Waals surface area contributed by atoms with Gasteiger partial charge in [0.25, 0.3) is 5.91 Å². The molecule has 1 amide bonds. The maximum atomic E-state index is 12.5. The van der Waals surface area contributed by atoms with Crippen LogP contribution in [-0.2, 0) is 0 Å². The molecule has 0 aliphatic carbocycles. The Morgan fingerprint density at radius 1 is 0.941 bits per heavy atom. The molecule has 5 rings (SSSR count). The predicted molar refractivity (Wildman–Crippen MR) is 134 cm³/mol. The Labute approximate surface area is 203 Å². The lowest BCUT2D eigenvalue weighted by atomic mass is 10.2. The van der Waals surface area contributed by atoms with Gasteiger partial charge in [0.2, 0.25) is 0 Å². The van der Waals surface area contributed by atoms with E-state index >= 15 is 0 Å². The third kappa shape index (κ3) is 4.33. The fourth-order valence-corrected chi connectivity index (χ4v) is 4.56. The number of carbonyl (C=O) groups is 1. The second kappa shape index (κ2) is 9.17. The SMILES string of the molecule is COc1cc2nccc(Oc3ccc4nc(NC(=O)c5cccc(Cl)c5)sc4c3)c2cc1OC. The largest absolute Gasteiger partial charge is 0.493 e. The quantitative estimate of drug-likeness (QED) is 0.289. The molecule has 0 atom stereocenters. The highest BCUT2D eigenvalue weighted by Crippen LogP contribution is 2.38. The van der Waals surface area contributed by atoms with E-state index < -0.39 is 0 Å². The van der Waals surface area contributed by atoms with Crippen LogP contribution in [0.25, 0.3) is 21.1 Å². The minimum Gasteiger partial charge on any atom is -0.493 e. The molecule has 5 aromatic rings. The van der Waals surface area contributed by atoms with Gasteiger partial charge in [-0.2, -0.15) is 0 Å². The number of pyridine rings is 1. The highest BCUT2D eigenvalue weighted by atomic mass is 35.5. The van der Waals surface area contributed by atoms with Crippen LogP contribution in [0.4, 0.5) is 5.13 Å². The average Bonchev–Trinajstić information content (AvgIpc) is 3.24. The van der Waals surface area contributed by atoms with Crippen molar-refractivity contribution in [1.29, 1.82) is 0 Å². The van der Waals surface area contributed by atoms with Crippen molar-refractivity contribution in [3.05, 3.63) is 77.4 Å². The Kier molecular flexibility index (Phi) is 5.91. The molecular weight excluding hydrogens is 474 g/mol. The zero-order chi connectivity index (χ0) is 23.7. The number of methoxy groups -OCH3 is 2. The van der Waals surface area contributed by atoms with Gasteiger partial charge in [-0.05, 0) is 42.5 Å². The Hall–Kier alpha value is -3.88. The summed E-state index contributed by atoms with van der Waals surface area (Å²) < 4.78 is 17.8. The maximum Gasteiger partial charge on any atom is 0.257 e. The molecule has 0 aliphatic rings. The van der Waals surface area contributed by atoms with Crippen LogP contribution in [0, 0.1) is 0 Å². The number of aromatic nitrogens is 2. The Morgan fingerprint density at radius 3 is 2.56 bits per heavy atom. The summed E-state index contributed by atoms with van der Waals surface area (Å²) in [6.07, 6.45) is 1.68. The summed E-state index contributed by atoms with van der Waals surface area (Å²) in [5, 5.41) is 4.61. The first-order chi connectivity index (χ1) is 16.5. The molecule has 7 nitrogen and oxygen atoms in total. The molecule has 0 bridgehead atoms. The van der Waals surface area contributed by atoms with Gasteiger partial charge in [-0.15, -0.1) is 0 Å². The van der Waals surface area contributed by atoms with E-state index in [1.54, 1.807) is 50.7 Å². The highest BCUT2D eigenvalue weighted by molar-refractivity contribution is 7.22. The van der Waals surface area contributed by atoms with E-state index in [1.165, 1.54) is 11.3 Å². The number of rotatable bonds is 6. The zero-order valence-electron chi connectivity index (χ0n) is 18.2. The summed E-state index contributed by atoms with van der Waals surface area (Å²) in [5.41, 5.74) is 1.94. The minimum atomic E-state index is -0.273. The lowest BCUT2D eigenvalue weighted by molar-refractivity contribution is 0.102. The molecule has 0 saturated heterocycles. The number of nitrogens with zero attached hydrogens (tertiary/aromatic N) is 2. The van der Waals surface area contributed by atoms with Crippen LogP contribution in [0.3, 0.4) is 0 Å². The maximum absolute atomic E-state index is 12.5. The second-order valence-corrected chi connectivity index (χ2v) is 8.72. The molecule has 9 heteroatoms. The molecule has 0 spiro atoms. The van der Waals surface area contributed by atoms with Gasteiger partial charge in [0.05, 0.1) is 30.0 Å². The topological polar surface area (TPSA) is 82.6 Å². The van der Waals surface area contributed by atoms with E-state index in [-0.39, 0.29) is 5.91 Å². The monoisotopic (exact) mass is 491 g/mol. The standard InChI is InChI=1S/C25H18ClN3O4S/c1-31-21-12-17-19(13-22(21)32-2)27-9-8-20(17)33-16-6-7-18-23(11-16)34-25(28-18)29-24(30)14-4-3-5-15(26)10-14/h3-13H,1-2H3,(H,28,29,30). The number of anilines is 1. The van der Waals surface area contributed by atoms with Gasteiger partial charge < -0.3 is 14.2 Å². The first kappa shape index (κ1) is 21.9. The third-order valence-electron chi connectivity index (χ3n) is 5.10. The number of amides is 1. The molecule has 2 heterocycles. The van der Waals surface area contributed by atoms with Crippen LogP contribution in [0.2, 0.25) is 5.02 Å². The van der Waals surface area contributed by atoms with Gasteiger partial charge in [0.15, 0.2) is 16.6 Å². The van der Waals surface area contributed by atoms with Crippen molar-refractivity contribution >= 4 is 55.1 Å². The van der Waals surface area contributed by atoms with Crippen LogP contribution < -0.4 is 19.5 Å². The van der Waals surface area contributed by atoms with E-state index in [0.717, 1.165) is 21.1 Å². The van der Waals surface area contributed by atoms with Gasteiger partial charge in [-0.25, -0.2) is 4.98 Å². The molecule has 0 saturated carbocycles. The van der Waals surface area contributed by atoms with E-state index in [0.29, 0.717) is 38.7 Å². The van der Waals surface area contributed by atoms with Gasteiger partial charge in [-0.3, -0.25) is 15.1 Å². The lowest BCUT2D eigenvalue weighted by Gasteiger charge is -2.12. The number of thiazole rings is 1. The van der Waals surface area contributed by atoms with Crippen molar-refractivity contribution in [3.8, 4) is 23.0 Å². The summed E-state index contributed by atoms with van der Waals surface area (Å²) >= 11 is 7.34. The third-order valence-corrected chi connectivity index (χ3v) is 6.27. The van der Waals surface area contributed by atoms with E-state index in [9.17, 15) is 4.79 Å². The summed E-state index contributed by atoms with van der Waals surface area (Å²) in [6.45, 7) is 0. The molecule has 0 fully saturated rings. The smallest absolute Gasteiger partial charge is 0.257 e. The van der Waals surface area contributed by atoms with Crippen LogP contribution in [0.1, 0.15) is 10.4 Å². The van der Waals surface area contributed by atoms with Crippen molar-refractivity contribution < 1.29 is 19.0 Å². The molecule has 0 aliphatic heterocycles. The fraction of sp³-hybridized carbons (Fsp3) is 0.0800. The van der Waals surface area contributed by atoms with Gasteiger partial charge in [-0.1, -0.05) is 29.0 Å². The second-order valence-electron chi connectivity index (χ2n) is 7.25. The molecule has 170 valence electrons. The fourth-order valence-electron chi connectivity index (χ4n) is 3.48. The number of ether oxygens (including phenoxy) is 3. The molecule has 0 unspecified atom stereocenters. The number of halogens is 1. The van der Waals surface area contributed by atoms with Crippen LogP contribution in [0.5, 0.6) is 23.0 Å². The van der Waals surface area contributed by atoms with Crippen molar-refractivity contribution in [3.63, 3.8) is 0 Å². The van der Waals surface area contributed by atoms with Gasteiger partial charge >= 0.3 is 0 Å². The lowest BCUT2D eigenvalue weighted by Crippen LogP contribution is -2.11. The normalized spacial score (nSPS) is 10.9. The summed E-state index contributed by atoms with van der Waals surface area (Å²) in [5.74, 6) is 2.17. The van der Waals surface area contributed by atoms with Crippen molar-refractivity contribution in [2.75, 3.05) is 19.5 Å². The Balaban J connectivity index is 1.42. The molecule has 2 aromatic heterocycles. The van der Waals surface area contributed by atoms with E-state index in [1.807, 2.05) is 30.3 Å². The summed E-state index contributed by atoms with van der Waals surface area (Å²) in [7, 11) is 3.17. The molecule has 3 aromatic carbocycles. The number of nitrogens with one attached hydrogen (secondary N) is 1. The molecule has 0 radical (unpaired) electrons. The van der Waals surface area contributed by atoms with Gasteiger partial charge in [0.1, 0.15) is 11.5 Å². The Bertz CT molecular complexity index is 1540. The van der Waals surface area contributed by atoms with Crippen molar-refractivity contribution in [2.24, 2.45) is 0 Å². The first-order valence-corrected chi connectivity index (χ1v) is 11.4. The first-order valence-electron chi connectivity index (χ1n) is 10.2. The predicted octanol–water partition coefficient (Wildman–Crippen LogP) is 6.56.